The Bertz CT molecular complexity index is 1060. The lowest BCUT2D eigenvalue weighted by Crippen LogP contribution is -2.38. The van der Waals surface area contributed by atoms with Gasteiger partial charge in [-0.05, 0) is 30.7 Å². The van der Waals surface area contributed by atoms with E-state index in [1.165, 1.54) is 15.5 Å². The first-order valence-corrected chi connectivity index (χ1v) is 8.97. The molecule has 1 heterocycles. The second-order valence-electron chi connectivity index (χ2n) is 5.76. The first-order chi connectivity index (χ1) is 12.8. The molecule has 1 aromatic carbocycles. The molecule has 0 atom stereocenters. The molecule has 0 N–H and O–H groups in total. The van der Waals surface area contributed by atoms with Gasteiger partial charge in [0.2, 0.25) is 5.91 Å². The number of amides is 1. The van der Waals surface area contributed by atoms with Crippen LogP contribution in [0.25, 0.3) is 12.2 Å². The number of likely N-dealkylation sites (N-methyl/N-ethyl adjacent to an activating group) is 1. The van der Waals surface area contributed by atoms with Gasteiger partial charge in [0, 0.05) is 14.1 Å². The number of hydrogen-bond acceptors (Lipinski definition) is 6. The van der Waals surface area contributed by atoms with Crippen LogP contribution in [0.4, 0.5) is 0 Å². The van der Waals surface area contributed by atoms with Crippen molar-refractivity contribution in [2.24, 2.45) is 0 Å². The highest BCUT2D eigenvalue weighted by atomic mass is 32.1. The minimum absolute atomic E-state index is 0.172. The predicted molar refractivity (Wildman–Crippen MR) is 102 cm³/mol. The summed E-state index contributed by atoms with van der Waals surface area (Å²) in [5, 5.41) is 8.86. The topological polar surface area (TPSA) is 92.4 Å². The molecule has 27 heavy (non-hydrogen) atoms. The molecule has 0 bridgehead atoms. The molecule has 140 valence electrons. The molecule has 0 saturated carbocycles. The molecule has 2 rings (SSSR count). The highest BCUT2D eigenvalue weighted by Crippen LogP contribution is 2.03. The highest BCUT2D eigenvalue weighted by molar-refractivity contribution is 7.07. The zero-order valence-corrected chi connectivity index (χ0v) is 16.1. The second kappa shape index (κ2) is 8.96. The maximum Gasteiger partial charge on any atom is 0.333 e. The molecule has 0 aliphatic rings. The minimum atomic E-state index is -0.574. The van der Waals surface area contributed by atoms with E-state index in [-0.39, 0.29) is 24.6 Å². The van der Waals surface area contributed by atoms with Crippen LogP contribution >= 0.6 is 11.3 Å². The van der Waals surface area contributed by atoms with E-state index in [1.54, 1.807) is 51.4 Å². The van der Waals surface area contributed by atoms with Crippen LogP contribution in [0.2, 0.25) is 0 Å². The molecule has 0 aliphatic heterocycles. The van der Waals surface area contributed by atoms with E-state index in [0.29, 0.717) is 14.8 Å². The zero-order chi connectivity index (χ0) is 20.0. The van der Waals surface area contributed by atoms with Crippen molar-refractivity contribution >= 4 is 35.4 Å². The highest BCUT2D eigenvalue weighted by Gasteiger charge is 2.12. The van der Waals surface area contributed by atoms with Crippen molar-refractivity contribution < 1.29 is 14.3 Å². The largest absolute Gasteiger partial charge is 0.463 e. The first kappa shape index (κ1) is 20.1. The molecule has 0 saturated heterocycles. The Kier molecular flexibility index (Phi) is 6.68. The zero-order valence-electron chi connectivity index (χ0n) is 15.3. The second-order valence-corrected chi connectivity index (χ2v) is 6.82. The van der Waals surface area contributed by atoms with Crippen LogP contribution in [-0.4, -0.2) is 42.0 Å². The van der Waals surface area contributed by atoms with E-state index in [0.717, 1.165) is 16.9 Å². The Balaban J connectivity index is 2.59. The van der Waals surface area contributed by atoms with Gasteiger partial charge in [-0.15, -0.1) is 11.3 Å². The van der Waals surface area contributed by atoms with Gasteiger partial charge in [-0.2, -0.15) is 5.26 Å². The van der Waals surface area contributed by atoms with Gasteiger partial charge in [-0.3, -0.25) is 14.2 Å². The maximum absolute atomic E-state index is 12.8. The molecule has 2 aromatic rings. The van der Waals surface area contributed by atoms with Gasteiger partial charge in [0.05, 0.1) is 28.8 Å². The van der Waals surface area contributed by atoms with Crippen molar-refractivity contribution in [2.45, 2.75) is 13.5 Å². The van der Waals surface area contributed by atoms with Crippen LogP contribution in [0.15, 0.2) is 29.1 Å². The Morgan fingerprint density at radius 3 is 2.52 bits per heavy atom. The van der Waals surface area contributed by atoms with Crippen molar-refractivity contribution in [2.75, 3.05) is 20.7 Å². The summed E-state index contributed by atoms with van der Waals surface area (Å²) in [4.78, 5) is 38.0. The van der Waals surface area contributed by atoms with Crippen LogP contribution in [0, 0.1) is 11.3 Å². The number of ether oxygens (including phenoxy) is 1. The maximum atomic E-state index is 12.8. The van der Waals surface area contributed by atoms with Crippen LogP contribution < -0.4 is 14.8 Å². The number of benzene rings is 1. The number of esters is 1. The first-order valence-electron chi connectivity index (χ1n) is 8.16. The third kappa shape index (κ3) is 5.15. The molecular weight excluding hydrogens is 366 g/mol. The lowest BCUT2D eigenvalue weighted by molar-refractivity contribution is -0.135. The third-order valence-electron chi connectivity index (χ3n) is 3.59. The number of thiazole rings is 1. The summed E-state index contributed by atoms with van der Waals surface area (Å²) >= 11 is 1.10. The van der Waals surface area contributed by atoms with Gasteiger partial charge in [0.25, 0.3) is 5.56 Å². The van der Waals surface area contributed by atoms with Gasteiger partial charge in [0.1, 0.15) is 11.2 Å². The SMILES string of the molecule is CCOC(=O)/C=c1\s/c(=C/c2ccc(C#N)cc2)c(=O)n1CC(=O)N(C)C. The van der Waals surface area contributed by atoms with Crippen LogP contribution in [-0.2, 0) is 20.9 Å². The van der Waals surface area contributed by atoms with Crippen LogP contribution in [0.5, 0.6) is 0 Å². The molecule has 0 unspecified atom stereocenters. The fourth-order valence-corrected chi connectivity index (χ4v) is 3.19. The molecule has 0 spiro atoms. The average Bonchev–Trinajstić information content (AvgIpc) is 2.91. The Labute approximate surface area is 160 Å². The summed E-state index contributed by atoms with van der Waals surface area (Å²) < 4.78 is 6.89. The van der Waals surface area contributed by atoms with Crippen molar-refractivity contribution in [3.8, 4) is 6.07 Å². The number of rotatable bonds is 5. The molecular formula is C19H19N3O4S. The number of aromatic nitrogens is 1. The summed E-state index contributed by atoms with van der Waals surface area (Å²) in [5.41, 5.74) is 0.889. The van der Waals surface area contributed by atoms with Crippen molar-refractivity contribution in [1.82, 2.24) is 9.47 Å². The quantitative estimate of drug-likeness (QED) is 0.678. The summed E-state index contributed by atoms with van der Waals surface area (Å²) in [6.45, 7) is 1.73. The number of hydrogen-bond donors (Lipinski definition) is 0. The Morgan fingerprint density at radius 1 is 1.30 bits per heavy atom. The van der Waals surface area contributed by atoms with Crippen LogP contribution in [0.1, 0.15) is 18.1 Å². The summed E-state index contributed by atoms with van der Waals surface area (Å²) in [6, 6.07) is 8.78. The van der Waals surface area contributed by atoms with E-state index in [2.05, 4.69) is 0 Å². The molecule has 8 heteroatoms. The van der Waals surface area contributed by atoms with E-state index in [4.69, 9.17) is 10.00 Å². The van der Waals surface area contributed by atoms with E-state index in [1.807, 2.05) is 6.07 Å². The van der Waals surface area contributed by atoms with Gasteiger partial charge in [-0.25, -0.2) is 4.79 Å². The average molecular weight is 385 g/mol. The number of nitrogens with zero attached hydrogens (tertiary/aromatic N) is 3. The minimum Gasteiger partial charge on any atom is -0.463 e. The smallest absolute Gasteiger partial charge is 0.333 e. The van der Waals surface area contributed by atoms with Crippen molar-refractivity contribution in [1.29, 1.82) is 5.26 Å². The molecule has 0 radical (unpaired) electrons. The van der Waals surface area contributed by atoms with Gasteiger partial charge in [-0.1, -0.05) is 12.1 Å². The number of nitriles is 1. The normalized spacial score (nSPS) is 11.9. The third-order valence-corrected chi connectivity index (χ3v) is 4.65. The molecule has 0 fully saturated rings. The summed E-state index contributed by atoms with van der Waals surface area (Å²) in [5.74, 6) is -0.840. The monoisotopic (exact) mass is 385 g/mol. The lowest BCUT2D eigenvalue weighted by Gasteiger charge is -2.10. The van der Waals surface area contributed by atoms with E-state index in [9.17, 15) is 14.4 Å². The predicted octanol–water partition coefficient (Wildman–Crippen LogP) is 0.0421. The van der Waals surface area contributed by atoms with Gasteiger partial charge >= 0.3 is 5.97 Å². The standard InChI is InChI=1S/C19H19N3O4S/c1-4-26-18(24)10-17-22(12-16(23)21(2)3)19(25)15(27-17)9-13-5-7-14(11-20)8-6-13/h5-10H,4,12H2,1-3H3/b15-9+,17-10-. The summed E-state index contributed by atoms with van der Waals surface area (Å²) in [6.07, 6.45) is 2.88. The summed E-state index contributed by atoms with van der Waals surface area (Å²) in [7, 11) is 3.19. The van der Waals surface area contributed by atoms with E-state index < -0.39 is 5.97 Å². The Morgan fingerprint density at radius 2 is 1.96 bits per heavy atom. The number of carbonyl (C=O) groups excluding carboxylic acids is 2. The Hall–Kier alpha value is -3.18. The van der Waals surface area contributed by atoms with Crippen LogP contribution in [0.3, 0.4) is 0 Å². The van der Waals surface area contributed by atoms with Crippen molar-refractivity contribution in [3.63, 3.8) is 0 Å². The molecule has 1 aromatic heterocycles. The fourth-order valence-electron chi connectivity index (χ4n) is 2.16. The lowest BCUT2D eigenvalue weighted by atomic mass is 10.1. The molecule has 7 nitrogen and oxygen atoms in total. The fraction of sp³-hybridized carbons (Fsp3) is 0.263. The number of carbonyl (C=O) groups is 2. The molecule has 1 amide bonds. The van der Waals surface area contributed by atoms with Crippen molar-refractivity contribution in [3.05, 3.63) is 54.9 Å². The molecule has 0 aliphatic carbocycles. The van der Waals surface area contributed by atoms with Gasteiger partial charge in [0.15, 0.2) is 0 Å². The van der Waals surface area contributed by atoms with E-state index >= 15 is 0 Å². The van der Waals surface area contributed by atoms with Gasteiger partial charge < -0.3 is 9.64 Å².